The third kappa shape index (κ3) is 2.99. The molecule has 5 heteroatoms. The number of carbonyl (C=O) groups is 1. The summed E-state index contributed by atoms with van der Waals surface area (Å²) < 4.78 is 1.99. The van der Waals surface area contributed by atoms with Crippen LogP contribution < -0.4 is 11.1 Å². The van der Waals surface area contributed by atoms with Gasteiger partial charge in [-0.3, -0.25) is 4.79 Å². The minimum atomic E-state index is -0.0237. The quantitative estimate of drug-likeness (QED) is 0.839. The number of aromatic nitrogens is 2. The van der Waals surface area contributed by atoms with Gasteiger partial charge in [-0.05, 0) is 38.5 Å². The van der Waals surface area contributed by atoms with Gasteiger partial charge in [-0.15, -0.1) is 0 Å². The predicted octanol–water partition coefficient (Wildman–Crippen LogP) is 2.42. The van der Waals surface area contributed by atoms with Gasteiger partial charge in [0.1, 0.15) is 0 Å². The van der Waals surface area contributed by atoms with E-state index in [9.17, 15) is 4.79 Å². The third-order valence-corrected chi connectivity index (χ3v) is 3.57. The number of nitrogens with two attached hydrogens (primary N) is 1. The zero-order chi connectivity index (χ0) is 14.7. The molecule has 0 spiro atoms. The van der Waals surface area contributed by atoms with Gasteiger partial charge in [0.15, 0.2) is 0 Å². The minimum Gasteiger partial charge on any atom is -0.398 e. The second kappa shape index (κ2) is 5.77. The average Bonchev–Trinajstić information content (AvgIpc) is 2.73. The highest BCUT2D eigenvalue weighted by molar-refractivity contribution is 5.92. The molecule has 0 aliphatic carbocycles. The summed E-state index contributed by atoms with van der Waals surface area (Å²) in [7, 11) is 0. The van der Waals surface area contributed by atoms with E-state index in [4.69, 9.17) is 5.73 Å². The van der Waals surface area contributed by atoms with Gasteiger partial charge in [-0.25, -0.2) is 4.98 Å². The van der Waals surface area contributed by atoms with Crippen LogP contribution in [-0.4, -0.2) is 15.5 Å². The lowest BCUT2D eigenvalue weighted by Crippen LogP contribution is -2.15. The lowest BCUT2D eigenvalue weighted by atomic mass is 10.1. The minimum absolute atomic E-state index is 0.0237. The Morgan fingerprint density at radius 1 is 1.35 bits per heavy atom. The Hall–Kier alpha value is -2.30. The van der Waals surface area contributed by atoms with Crippen molar-refractivity contribution >= 4 is 17.3 Å². The second-order valence-corrected chi connectivity index (χ2v) is 4.93. The van der Waals surface area contributed by atoms with Gasteiger partial charge in [0.25, 0.3) is 0 Å². The molecule has 1 aromatic carbocycles. The van der Waals surface area contributed by atoms with Crippen molar-refractivity contribution in [3.05, 3.63) is 41.5 Å². The Bertz CT molecular complexity index is 631. The zero-order valence-electron chi connectivity index (χ0n) is 12.1. The number of amides is 1. The van der Waals surface area contributed by atoms with E-state index in [0.29, 0.717) is 18.7 Å². The predicted molar refractivity (Wildman–Crippen MR) is 80.5 cm³/mol. The summed E-state index contributed by atoms with van der Waals surface area (Å²) in [4.78, 5) is 16.2. The molecule has 0 radical (unpaired) electrons. The van der Waals surface area contributed by atoms with Gasteiger partial charge >= 0.3 is 0 Å². The Balaban J connectivity index is 1.96. The second-order valence-electron chi connectivity index (χ2n) is 4.93. The molecular weight excluding hydrogens is 252 g/mol. The van der Waals surface area contributed by atoms with Crippen LogP contribution in [0, 0.1) is 20.8 Å². The monoisotopic (exact) mass is 272 g/mol. The van der Waals surface area contributed by atoms with Crippen LogP contribution in [0.3, 0.4) is 0 Å². The standard InChI is InChI=1S/C15H20N4O/c1-10-13(16)5-4-6-14(10)18-15(20)7-8-19-9-17-11(2)12(19)3/h4-6,9H,7-8,16H2,1-3H3,(H,18,20). The normalized spacial score (nSPS) is 10.6. The number of nitrogen functional groups attached to an aromatic ring is 1. The SMILES string of the molecule is Cc1ncn(CCC(=O)Nc2cccc(N)c2C)c1C. The highest BCUT2D eigenvalue weighted by atomic mass is 16.1. The van der Waals surface area contributed by atoms with E-state index in [1.165, 1.54) is 0 Å². The van der Waals surface area contributed by atoms with Crippen molar-refractivity contribution in [2.24, 2.45) is 0 Å². The zero-order valence-corrected chi connectivity index (χ0v) is 12.1. The maximum absolute atomic E-state index is 12.0. The van der Waals surface area contributed by atoms with Gasteiger partial charge in [0.05, 0.1) is 12.0 Å². The first-order chi connectivity index (χ1) is 9.49. The average molecular weight is 272 g/mol. The molecule has 0 saturated carbocycles. The fourth-order valence-corrected chi connectivity index (χ4v) is 1.99. The van der Waals surface area contributed by atoms with Crippen LogP contribution in [0.5, 0.6) is 0 Å². The number of anilines is 2. The van der Waals surface area contributed by atoms with E-state index in [1.807, 2.05) is 43.5 Å². The molecule has 0 aliphatic rings. The van der Waals surface area contributed by atoms with Gasteiger partial charge in [0, 0.05) is 30.0 Å². The lowest BCUT2D eigenvalue weighted by molar-refractivity contribution is -0.116. The summed E-state index contributed by atoms with van der Waals surface area (Å²) in [5.74, 6) is -0.0237. The molecule has 5 nitrogen and oxygen atoms in total. The highest BCUT2D eigenvalue weighted by Crippen LogP contribution is 2.20. The number of nitrogens with zero attached hydrogens (tertiary/aromatic N) is 2. The van der Waals surface area contributed by atoms with Crippen molar-refractivity contribution in [1.82, 2.24) is 9.55 Å². The number of nitrogens with one attached hydrogen (secondary N) is 1. The Morgan fingerprint density at radius 3 is 2.75 bits per heavy atom. The highest BCUT2D eigenvalue weighted by Gasteiger charge is 2.08. The van der Waals surface area contributed by atoms with Crippen LogP contribution in [-0.2, 0) is 11.3 Å². The largest absolute Gasteiger partial charge is 0.398 e. The maximum atomic E-state index is 12.0. The van der Waals surface area contributed by atoms with Crippen molar-refractivity contribution < 1.29 is 4.79 Å². The molecule has 0 saturated heterocycles. The first-order valence-corrected chi connectivity index (χ1v) is 6.62. The molecule has 0 aliphatic heterocycles. The van der Waals surface area contributed by atoms with Gasteiger partial charge < -0.3 is 15.6 Å². The number of rotatable bonds is 4. The van der Waals surface area contributed by atoms with E-state index in [1.54, 1.807) is 6.33 Å². The smallest absolute Gasteiger partial charge is 0.226 e. The lowest BCUT2D eigenvalue weighted by Gasteiger charge is -2.10. The van der Waals surface area contributed by atoms with Crippen molar-refractivity contribution in [2.75, 3.05) is 11.1 Å². The molecule has 1 heterocycles. The maximum Gasteiger partial charge on any atom is 0.226 e. The first kappa shape index (κ1) is 14.1. The number of hydrogen-bond donors (Lipinski definition) is 2. The molecule has 1 amide bonds. The van der Waals surface area contributed by atoms with E-state index in [0.717, 1.165) is 22.6 Å². The molecule has 20 heavy (non-hydrogen) atoms. The van der Waals surface area contributed by atoms with Gasteiger partial charge in [-0.1, -0.05) is 6.07 Å². The van der Waals surface area contributed by atoms with Crippen molar-refractivity contribution in [3.8, 4) is 0 Å². The number of hydrogen-bond acceptors (Lipinski definition) is 3. The summed E-state index contributed by atoms with van der Waals surface area (Å²) >= 11 is 0. The van der Waals surface area contributed by atoms with E-state index < -0.39 is 0 Å². The number of aryl methyl sites for hydroxylation is 2. The summed E-state index contributed by atoms with van der Waals surface area (Å²) in [6.45, 7) is 6.48. The molecular formula is C15H20N4O. The molecule has 0 atom stereocenters. The van der Waals surface area contributed by atoms with E-state index in [2.05, 4.69) is 10.3 Å². The Morgan fingerprint density at radius 2 is 2.10 bits per heavy atom. The molecule has 2 rings (SSSR count). The number of imidazole rings is 1. The summed E-state index contributed by atoms with van der Waals surface area (Å²) in [5.41, 5.74) is 10.3. The summed E-state index contributed by atoms with van der Waals surface area (Å²) in [6.07, 6.45) is 2.18. The molecule has 1 aromatic heterocycles. The topological polar surface area (TPSA) is 72.9 Å². The van der Waals surface area contributed by atoms with E-state index >= 15 is 0 Å². The summed E-state index contributed by atoms with van der Waals surface area (Å²) in [5, 5.41) is 2.89. The number of benzene rings is 1. The van der Waals surface area contributed by atoms with Crippen molar-refractivity contribution in [2.45, 2.75) is 33.7 Å². The van der Waals surface area contributed by atoms with Crippen LogP contribution >= 0.6 is 0 Å². The molecule has 0 unspecified atom stereocenters. The first-order valence-electron chi connectivity index (χ1n) is 6.62. The molecule has 0 fully saturated rings. The Kier molecular flexibility index (Phi) is 4.08. The molecule has 0 bridgehead atoms. The fourth-order valence-electron chi connectivity index (χ4n) is 1.99. The van der Waals surface area contributed by atoms with Crippen LogP contribution in [0.15, 0.2) is 24.5 Å². The molecule has 106 valence electrons. The third-order valence-electron chi connectivity index (χ3n) is 3.57. The van der Waals surface area contributed by atoms with Gasteiger partial charge in [-0.2, -0.15) is 0 Å². The van der Waals surface area contributed by atoms with Crippen molar-refractivity contribution in [3.63, 3.8) is 0 Å². The molecule has 3 N–H and O–H groups in total. The molecule has 2 aromatic rings. The Labute approximate surface area is 118 Å². The van der Waals surface area contributed by atoms with Gasteiger partial charge in [0.2, 0.25) is 5.91 Å². The van der Waals surface area contributed by atoms with Crippen LogP contribution in [0.2, 0.25) is 0 Å². The van der Waals surface area contributed by atoms with E-state index in [-0.39, 0.29) is 5.91 Å². The summed E-state index contributed by atoms with van der Waals surface area (Å²) in [6, 6.07) is 5.51. The number of carbonyl (C=O) groups excluding carboxylic acids is 1. The van der Waals surface area contributed by atoms with Crippen LogP contribution in [0.25, 0.3) is 0 Å². The van der Waals surface area contributed by atoms with Crippen molar-refractivity contribution in [1.29, 1.82) is 0 Å². The fraction of sp³-hybridized carbons (Fsp3) is 0.333. The van der Waals surface area contributed by atoms with Crippen LogP contribution in [0.1, 0.15) is 23.4 Å². The van der Waals surface area contributed by atoms with Crippen LogP contribution in [0.4, 0.5) is 11.4 Å².